The Kier molecular flexibility index (Phi) is 5.43. The molecule has 0 aromatic heterocycles. The van der Waals surface area contributed by atoms with Crippen LogP contribution in [0.3, 0.4) is 0 Å². The van der Waals surface area contributed by atoms with Crippen LogP contribution in [0.25, 0.3) is 0 Å². The molecule has 22 heavy (non-hydrogen) atoms. The summed E-state index contributed by atoms with van der Waals surface area (Å²) in [5.41, 5.74) is 12.6. The molecular formula is C17H19N5. The first kappa shape index (κ1) is 15.4. The number of hydrogen-bond donors (Lipinski definition) is 2. The Hall–Kier alpha value is -2.95. The predicted molar refractivity (Wildman–Crippen MR) is 92.3 cm³/mol. The van der Waals surface area contributed by atoms with Crippen molar-refractivity contribution in [2.45, 2.75) is 13.8 Å². The summed E-state index contributed by atoms with van der Waals surface area (Å²) in [7, 11) is 0. The average Bonchev–Trinajstić information content (AvgIpc) is 2.47. The number of aryl methyl sites for hydroxylation is 2. The minimum atomic E-state index is 0.132. The van der Waals surface area contributed by atoms with Crippen LogP contribution < -0.4 is 11.2 Å². The minimum absolute atomic E-state index is 0.132. The Balaban J connectivity index is 1.90. The van der Waals surface area contributed by atoms with Crippen molar-refractivity contribution in [2.75, 3.05) is 0 Å². The highest BCUT2D eigenvalue weighted by Crippen LogP contribution is 2.01. The molecule has 5 nitrogen and oxygen atoms in total. The fourth-order valence-corrected chi connectivity index (χ4v) is 1.85. The number of hydrogen-bond acceptors (Lipinski definition) is 3. The molecule has 2 aromatic carbocycles. The highest BCUT2D eigenvalue weighted by molar-refractivity contribution is 5.84. The minimum Gasteiger partial charge on any atom is -0.367 e. The molecule has 2 aromatic rings. The maximum Gasteiger partial charge on any atom is 0.234 e. The number of nitrogens with one attached hydrogen (secondary N) is 1. The monoisotopic (exact) mass is 293 g/mol. The van der Waals surface area contributed by atoms with E-state index in [1.165, 1.54) is 11.1 Å². The van der Waals surface area contributed by atoms with Crippen LogP contribution in [0, 0.1) is 13.8 Å². The molecule has 0 heterocycles. The molecular weight excluding hydrogens is 274 g/mol. The first-order valence-electron chi connectivity index (χ1n) is 6.92. The van der Waals surface area contributed by atoms with E-state index in [0.29, 0.717) is 0 Å². The molecule has 0 bridgehead atoms. The Morgan fingerprint density at radius 1 is 0.955 bits per heavy atom. The van der Waals surface area contributed by atoms with E-state index in [-0.39, 0.29) is 5.96 Å². The van der Waals surface area contributed by atoms with Crippen LogP contribution in [0.2, 0.25) is 0 Å². The molecule has 5 heteroatoms. The van der Waals surface area contributed by atoms with Crippen LogP contribution in [-0.4, -0.2) is 18.4 Å². The summed E-state index contributed by atoms with van der Waals surface area (Å²) >= 11 is 0. The number of nitrogens with two attached hydrogens (primary N) is 1. The average molecular weight is 293 g/mol. The molecule has 0 saturated heterocycles. The molecule has 0 amide bonds. The van der Waals surface area contributed by atoms with E-state index in [9.17, 15) is 0 Å². The summed E-state index contributed by atoms with van der Waals surface area (Å²) in [6.45, 7) is 4.05. The van der Waals surface area contributed by atoms with Crippen molar-refractivity contribution in [2.24, 2.45) is 21.0 Å². The molecule has 3 N–H and O–H groups in total. The van der Waals surface area contributed by atoms with Gasteiger partial charge >= 0.3 is 0 Å². The Morgan fingerprint density at radius 2 is 1.55 bits per heavy atom. The summed E-state index contributed by atoms with van der Waals surface area (Å²) < 4.78 is 0. The molecule has 0 fully saturated rings. The second-order valence-electron chi connectivity index (χ2n) is 4.93. The lowest BCUT2D eigenvalue weighted by Gasteiger charge is -1.97. The van der Waals surface area contributed by atoms with Crippen molar-refractivity contribution in [1.82, 2.24) is 5.43 Å². The van der Waals surface area contributed by atoms with Gasteiger partial charge in [-0.05, 0) is 25.0 Å². The van der Waals surface area contributed by atoms with Gasteiger partial charge in [0.05, 0.1) is 12.4 Å². The molecule has 0 atom stereocenters. The first-order valence-corrected chi connectivity index (χ1v) is 6.92. The second-order valence-corrected chi connectivity index (χ2v) is 4.93. The highest BCUT2D eigenvalue weighted by atomic mass is 15.4. The number of benzene rings is 2. The highest BCUT2D eigenvalue weighted by Gasteiger charge is 1.90. The van der Waals surface area contributed by atoms with E-state index >= 15 is 0 Å². The smallest absolute Gasteiger partial charge is 0.234 e. The molecule has 0 spiro atoms. The molecule has 0 radical (unpaired) electrons. The van der Waals surface area contributed by atoms with E-state index in [2.05, 4.69) is 20.7 Å². The third kappa shape index (κ3) is 5.20. The number of hydrazone groups is 1. The standard InChI is InChI=1S/C17H19N5/c1-13-5-3-7-15(9-13)11-19-21-17(18)22-20-12-16-8-4-6-14(2)10-16/h3-12H,1-2H3,(H3,18,21,22)/b19-11+,20-12+. The van der Waals surface area contributed by atoms with Gasteiger partial charge in [0, 0.05) is 0 Å². The SMILES string of the molecule is Cc1cccc(/C=N/N=C(\N)N/N=C/c2cccc(C)c2)c1. The Bertz CT molecular complexity index is 716. The summed E-state index contributed by atoms with van der Waals surface area (Å²) in [5.74, 6) is 0.132. The van der Waals surface area contributed by atoms with Crippen LogP contribution in [0.1, 0.15) is 22.3 Å². The maximum absolute atomic E-state index is 5.67. The van der Waals surface area contributed by atoms with E-state index < -0.39 is 0 Å². The largest absolute Gasteiger partial charge is 0.367 e. The summed E-state index contributed by atoms with van der Waals surface area (Å²) in [6.07, 6.45) is 3.32. The lowest BCUT2D eigenvalue weighted by Crippen LogP contribution is -2.26. The zero-order chi connectivity index (χ0) is 15.8. The Morgan fingerprint density at radius 3 is 2.14 bits per heavy atom. The lowest BCUT2D eigenvalue weighted by molar-refractivity contribution is 0.994. The van der Waals surface area contributed by atoms with Crippen molar-refractivity contribution in [3.8, 4) is 0 Å². The normalized spacial score (nSPS) is 12.2. The third-order valence-electron chi connectivity index (χ3n) is 2.85. The van der Waals surface area contributed by atoms with Gasteiger partial charge in [-0.2, -0.15) is 10.2 Å². The molecule has 0 aliphatic heterocycles. The predicted octanol–water partition coefficient (Wildman–Crippen LogP) is 2.58. The first-order chi connectivity index (χ1) is 10.6. The summed E-state index contributed by atoms with van der Waals surface area (Å²) in [4.78, 5) is 0. The second kappa shape index (κ2) is 7.73. The van der Waals surface area contributed by atoms with Gasteiger partial charge in [0.1, 0.15) is 0 Å². The van der Waals surface area contributed by atoms with Gasteiger partial charge in [-0.3, -0.25) is 0 Å². The molecule has 0 aliphatic carbocycles. The fourth-order valence-electron chi connectivity index (χ4n) is 1.85. The Labute approximate surface area is 130 Å². The van der Waals surface area contributed by atoms with Crippen molar-refractivity contribution >= 4 is 18.4 Å². The van der Waals surface area contributed by atoms with Crippen molar-refractivity contribution in [3.05, 3.63) is 70.8 Å². The summed E-state index contributed by atoms with van der Waals surface area (Å²) in [5, 5.41) is 11.8. The lowest BCUT2D eigenvalue weighted by atomic mass is 10.2. The number of nitrogens with zero attached hydrogens (tertiary/aromatic N) is 3. The molecule has 0 unspecified atom stereocenters. The van der Waals surface area contributed by atoms with Gasteiger partial charge in [0.25, 0.3) is 0 Å². The number of guanidine groups is 1. The third-order valence-corrected chi connectivity index (χ3v) is 2.85. The van der Waals surface area contributed by atoms with Crippen molar-refractivity contribution in [3.63, 3.8) is 0 Å². The van der Waals surface area contributed by atoms with E-state index in [1.807, 2.05) is 62.4 Å². The maximum atomic E-state index is 5.67. The molecule has 2 rings (SSSR count). The summed E-state index contributed by atoms with van der Waals surface area (Å²) in [6, 6.07) is 15.9. The number of rotatable bonds is 4. The van der Waals surface area contributed by atoms with Gasteiger partial charge < -0.3 is 5.73 Å². The van der Waals surface area contributed by atoms with Gasteiger partial charge in [-0.1, -0.05) is 59.7 Å². The van der Waals surface area contributed by atoms with Gasteiger partial charge in [0.15, 0.2) is 0 Å². The van der Waals surface area contributed by atoms with Crippen molar-refractivity contribution < 1.29 is 0 Å². The van der Waals surface area contributed by atoms with E-state index in [0.717, 1.165) is 11.1 Å². The van der Waals surface area contributed by atoms with E-state index in [1.54, 1.807) is 12.4 Å². The topological polar surface area (TPSA) is 75.1 Å². The zero-order valence-electron chi connectivity index (χ0n) is 12.7. The van der Waals surface area contributed by atoms with Crippen LogP contribution in [0.5, 0.6) is 0 Å². The van der Waals surface area contributed by atoms with Crippen LogP contribution in [-0.2, 0) is 0 Å². The van der Waals surface area contributed by atoms with Gasteiger partial charge in [-0.15, -0.1) is 5.10 Å². The van der Waals surface area contributed by atoms with Gasteiger partial charge in [-0.25, -0.2) is 5.43 Å². The van der Waals surface area contributed by atoms with E-state index in [4.69, 9.17) is 5.73 Å². The molecule has 112 valence electrons. The van der Waals surface area contributed by atoms with Gasteiger partial charge in [0.2, 0.25) is 5.96 Å². The quantitative estimate of drug-likeness (QED) is 0.516. The van der Waals surface area contributed by atoms with Crippen LogP contribution in [0.4, 0.5) is 0 Å². The van der Waals surface area contributed by atoms with Crippen LogP contribution in [0.15, 0.2) is 63.8 Å². The molecule has 0 saturated carbocycles. The van der Waals surface area contributed by atoms with Crippen LogP contribution >= 0.6 is 0 Å². The zero-order valence-corrected chi connectivity index (χ0v) is 12.7. The fraction of sp³-hybridized carbons (Fsp3) is 0.118. The molecule has 0 aliphatic rings. The van der Waals surface area contributed by atoms with Crippen molar-refractivity contribution in [1.29, 1.82) is 0 Å².